The Balaban J connectivity index is 2.90. The molecular weight excluding hydrogens is 302 g/mol. The maximum absolute atomic E-state index is 11.6. The molecule has 0 bridgehead atoms. The molecule has 0 aliphatic rings. The smallest absolute Gasteiger partial charge is 0.335 e. The molecule has 0 saturated carbocycles. The number of aromatic nitrogens is 1. The van der Waals surface area contributed by atoms with E-state index in [9.17, 15) is 9.90 Å². The van der Waals surface area contributed by atoms with Crippen LogP contribution in [0.25, 0.3) is 10.9 Å². The quantitative estimate of drug-likeness (QED) is 0.758. The van der Waals surface area contributed by atoms with E-state index >= 15 is 0 Å². The van der Waals surface area contributed by atoms with Crippen LogP contribution < -0.4 is 11.5 Å². The van der Waals surface area contributed by atoms with Gasteiger partial charge in [-0.1, -0.05) is 20.8 Å². The molecule has 2 aromatic rings. The van der Waals surface area contributed by atoms with Crippen molar-refractivity contribution in [3.8, 4) is 0 Å². The summed E-state index contributed by atoms with van der Waals surface area (Å²) in [6.07, 6.45) is 1.63. The van der Waals surface area contributed by atoms with Gasteiger partial charge in [-0.15, -0.1) is 0 Å². The van der Waals surface area contributed by atoms with E-state index in [1.807, 2.05) is 6.07 Å². The Morgan fingerprint density at radius 1 is 1.21 bits per heavy atom. The van der Waals surface area contributed by atoms with Crippen LogP contribution in [0.1, 0.15) is 54.4 Å². The number of nitrogens with zero attached hydrogens (tertiary/aromatic N) is 1. The monoisotopic (exact) mass is 331 g/mol. The molecule has 0 unspecified atom stereocenters. The van der Waals surface area contributed by atoms with Gasteiger partial charge in [0.2, 0.25) is 0 Å². The molecule has 5 nitrogen and oxygen atoms in total. The number of carboxylic acids is 1. The molecule has 2 rings (SSSR count). The van der Waals surface area contributed by atoms with Crippen LogP contribution in [0, 0.1) is 6.92 Å². The minimum Gasteiger partial charge on any atom is -0.478 e. The number of aromatic carboxylic acids is 1. The van der Waals surface area contributed by atoms with E-state index in [1.165, 1.54) is 0 Å². The largest absolute Gasteiger partial charge is 0.478 e. The third-order valence-electron chi connectivity index (χ3n) is 4.58. The minimum atomic E-state index is -0.895. The van der Waals surface area contributed by atoms with Gasteiger partial charge in [0.1, 0.15) is 0 Å². The first-order chi connectivity index (χ1) is 11.2. The second kappa shape index (κ2) is 6.95. The molecule has 5 heteroatoms. The lowest BCUT2D eigenvalue weighted by Crippen LogP contribution is -2.16. The first-order valence-corrected chi connectivity index (χ1v) is 8.52. The fourth-order valence-electron chi connectivity index (χ4n) is 3.36. The van der Waals surface area contributed by atoms with Gasteiger partial charge >= 0.3 is 5.97 Å². The fraction of sp³-hybridized carbons (Fsp3) is 0.526. The van der Waals surface area contributed by atoms with Crippen molar-refractivity contribution in [1.29, 1.82) is 0 Å². The lowest BCUT2D eigenvalue weighted by atomic mass is 9.84. The van der Waals surface area contributed by atoms with Crippen LogP contribution in [0.5, 0.6) is 0 Å². The van der Waals surface area contributed by atoms with Crippen LogP contribution in [0.15, 0.2) is 12.1 Å². The number of hydrogen-bond donors (Lipinski definition) is 3. The maximum Gasteiger partial charge on any atom is 0.335 e. The summed E-state index contributed by atoms with van der Waals surface area (Å²) in [6, 6.07) is 3.61. The van der Waals surface area contributed by atoms with Gasteiger partial charge in [-0.2, -0.15) is 0 Å². The van der Waals surface area contributed by atoms with Crippen molar-refractivity contribution in [1.82, 2.24) is 4.57 Å². The average Bonchev–Trinajstić information content (AvgIpc) is 2.76. The van der Waals surface area contributed by atoms with Crippen molar-refractivity contribution in [3.63, 3.8) is 0 Å². The Morgan fingerprint density at radius 2 is 1.88 bits per heavy atom. The number of aryl methyl sites for hydroxylation is 1. The summed E-state index contributed by atoms with van der Waals surface area (Å²) >= 11 is 0. The summed E-state index contributed by atoms with van der Waals surface area (Å²) in [5, 5.41) is 10.5. The summed E-state index contributed by atoms with van der Waals surface area (Å²) in [4.78, 5) is 11.6. The van der Waals surface area contributed by atoms with Gasteiger partial charge in [0.25, 0.3) is 0 Å². The molecule has 0 atom stereocenters. The summed E-state index contributed by atoms with van der Waals surface area (Å²) < 4.78 is 2.29. The second-order valence-electron chi connectivity index (χ2n) is 7.37. The van der Waals surface area contributed by atoms with Crippen molar-refractivity contribution in [2.75, 3.05) is 13.1 Å². The highest BCUT2D eigenvalue weighted by Crippen LogP contribution is 2.36. The van der Waals surface area contributed by atoms with Gasteiger partial charge in [0.05, 0.1) is 11.1 Å². The standard InChI is InChI=1S/C19H29N3O2/c1-12-14(6-8-21)15-10-13(18(23)24)11-16(19(2,3)4)17(15)22(12)9-5-7-20/h10-11H,5-9,20-21H2,1-4H3,(H,23,24). The van der Waals surface area contributed by atoms with E-state index in [-0.39, 0.29) is 5.41 Å². The molecule has 5 N–H and O–H groups in total. The topological polar surface area (TPSA) is 94.3 Å². The maximum atomic E-state index is 11.6. The van der Waals surface area contributed by atoms with Gasteiger partial charge in [0, 0.05) is 17.6 Å². The molecule has 132 valence electrons. The first kappa shape index (κ1) is 18.5. The van der Waals surface area contributed by atoms with Crippen molar-refractivity contribution in [3.05, 3.63) is 34.5 Å². The predicted molar refractivity (Wildman–Crippen MR) is 98.8 cm³/mol. The minimum absolute atomic E-state index is 0.158. The normalized spacial score (nSPS) is 12.1. The molecule has 1 aromatic carbocycles. The molecule has 24 heavy (non-hydrogen) atoms. The zero-order valence-electron chi connectivity index (χ0n) is 15.1. The second-order valence-corrected chi connectivity index (χ2v) is 7.37. The number of rotatable bonds is 6. The summed E-state index contributed by atoms with van der Waals surface area (Å²) in [7, 11) is 0. The molecule has 1 aromatic heterocycles. The molecule has 0 fully saturated rings. The molecule has 0 aliphatic heterocycles. The zero-order valence-corrected chi connectivity index (χ0v) is 15.1. The van der Waals surface area contributed by atoms with Crippen molar-refractivity contribution in [2.24, 2.45) is 11.5 Å². The SMILES string of the molecule is Cc1c(CCN)c2cc(C(=O)O)cc(C(C)(C)C)c2n1CCCN. The molecule has 0 spiro atoms. The number of carbonyl (C=O) groups is 1. The van der Waals surface area contributed by atoms with Gasteiger partial charge in [0.15, 0.2) is 0 Å². The predicted octanol–water partition coefficient (Wildman–Crippen LogP) is 2.80. The number of carboxylic acid groups (broad SMARTS) is 1. The highest BCUT2D eigenvalue weighted by molar-refractivity contribution is 5.97. The number of benzene rings is 1. The van der Waals surface area contributed by atoms with E-state index < -0.39 is 5.97 Å². The van der Waals surface area contributed by atoms with E-state index in [0.717, 1.165) is 47.1 Å². The van der Waals surface area contributed by atoms with Crippen LogP contribution in [-0.4, -0.2) is 28.7 Å². The third kappa shape index (κ3) is 3.32. The summed E-state index contributed by atoms with van der Waals surface area (Å²) in [5.74, 6) is -0.895. The lowest BCUT2D eigenvalue weighted by molar-refractivity contribution is 0.0697. The van der Waals surface area contributed by atoms with Gasteiger partial charge in [-0.3, -0.25) is 0 Å². The van der Waals surface area contributed by atoms with Crippen LogP contribution in [0.3, 0.4) is 0 Å². The van der Waals surface area contributed by atoms with Crippen molar-refractivity contribution in [2.45, 2.75) is 52.5 Å². The Hall–Kier alpha value is -1.85. The number of hydrogen-bond acceptors (Lipinski definition) is 3. The number of fused-ring (bicyclic) bond motifs is 1. The van der Waals surface area contributed by atoms with Gasteiger partial charge in [-0.25, -0.2) is 4.79 Å². The van der Waals surface area contributed by atoms with Crippen molar-refractivity contribution < 1.29 is 9.90 Å². The average molecular weight is 331 g/mol. The molecule has 0 radical (unpaired) electrons. The Morgan fingerprint density at radius 3 is 2.38 bits per heavy atom. The van der Waals surface area contributed by atoms with Gasteiger partial charge < -0.3 is 21.1 Å². The highest BCUT2D eigenvalue weighted by atomic mass is 16.4. The Bertz CT molecular complexity index is 754. The third-order valence-corrected chi connectivity index (χ3v) is 4.58. The van der Waals surface area contributed by atoms with E-state index in [4.69, 9.17) is 11.5 Å². The first-order valence-electron chi connectivity index (χ1n) is 8.52. The zero-order chi connectivity index (χ0) is 18.1. The van der Waals surface area contributed by atoms with E-state index in [0.29, 0.717) is 18.7 Å². The molecule has 0 amide bonds. The van der Waals surface area contributed by atoms with Gasteiger partial charge in [-0.05, 0) is 61.5 Å². The lowest BCUT2D eigenvalue weighted by Gasteiger charge is -2.23. The Labute approximate surface area is 143 Å². The fourth-order valence-corrected chi connectivity index (χ4v) is 3.36. The molecule has 0 aliphatic carbocycles. The van der Waals surface area contributed by atoms with Crippen LogP contribution in [0.4, 0.5) is 0 Å². The van der Waals surface area contributed by atoms with Crippen LogP contribution in [-0.2, 0) is 18.4 Å². The molecular formula is C19H29N3O2. The highest BCUT2D eigenvalue weighted by Gasteiger charge is 2.25. The summed E-state index contributed by atoms with van der Waals surface area (Å²) in [6.45, 7) is 10.4. The Kier molecular flexibility index (Phi) is 5.35. The van der Waals surface area contributed by atoms with Crippen molar-refractivity contribution >= 4 is 16.9 Å². The number of nitrogens with two attached hydrogens (primary N) is 2. The molecule has 1 heterocycles. The van der Waals surface area contributed by atoms with Crippen LogP contribution in [0.2, 0.25) is 0 Å². The molecule has 0 saturated heterocycles. The van der Waals surface area contributed by atoms with E-state index in [2.05, 4.69) is 32.3 Å². The van der Waals surface area contributed by atoms with Crippen LogP contribution >= 0.6 is 0 Å². The summed E-state index contributed by atoms with van der Waals surface area (Å²) in [5.41, 5.74) is 16.2. The van der Waals surface area contributed by atoms with E-state index in [1.54, 1.807) is 6.07 Å².